The molecule has 0 aromatic heterocycles. The largest absolute Gasteiger partial charge is 0.0815 e. The van der Waals surface area contributed by atoms with Gasteiger partial charge in [0.05, 0.1) is 134 Å². The Kier molecular flexibility index (Phi) is 19.2. The molecule has 0 nitrogen and oxygen atoms in total. The molecule has 0 fully saturated rings. The summed E-state index contributed by atoms with van der Waals surface area (Å²) in [5.74, 6) is 4.80. The van der Waals surface area contributed by atoms with Crippen LogP contribution >= 0.6 is 0 Å². The Labute approximate surface area is 638 Å². The molecule has 0 radical (unpaired) electrons. The number of hydrogen-bond donors (Lipinski definition) is 0. The fourth-order valence-electron chi connectivity index (χ4n) is 15.8. The third-order valence-electron chi connectivity index (χ3n) is 22.5. The molecule has 13 aromatic rings. The first kappa shape index (κ1) is 74.6. The highest BCUT2D eigenvalue weighted by atomic mass is 14.4. The predicted octanol–water partition coefficient (Wildman–Crippen LogP) is 28.8. The van der Waals surface area contributed by atoms with E-state index in [1.54, 1.807) is 0 Å². The molecule has 0 heterocycles. The lowest BCUT2D eigenvalue weighted by molar-refractivity contribution is 0.589. The summed E-state index contributed by atoms with van der Waals surface area (Å²) in [5, 5.41) is 9.52. The fourth-order valence-corrected chi connectivity index (χ4v) is 15.8. The highest BCUT2D eigenvalue weighted by Gasteiger charge is 2.42. The molecule has 0 saturated carbocycles. The van der Waals surface area contributed by atoms with Crippen LogP contribution in [0.5, 0.6) is 0 Å². The molecule has 0 amide bonds. The minimum Gasteiger partial charge on any atom is -0.0560 e. The number of rotatable bonds is 12. The van der Waals surface area contributed by atoms with E-state index < -0.39 is 0 Å². The van der Waals surface area contributed by atoms with Crippen molar-refractivity contribution in [3.8, 4) is 0 Å². The van der Waals surface area contributed by atoms with E-state index in [0.717, 1.165) is 0 Å². The zero-order valence-electron chi connectivity index (χ0n) is 68.2. The number of benzene rings is 13. The normalized spacial score (nSPS) is 12.9. The molecule has 0 bridgehead atoms. The highest BCUT2D eigenvalue weighted by Crippen LogP contribution is 2.54. The molecule has 0 unspecified atom stereocenters. The number of hydrogen-bond acceptors (Lipinski definition) is 0. The first-order valence-corrected chi connectivity index (χ1v) is 38.9. The topological polar surface area (TPSA) is 0 Å². The lowest BCUT2D eigenvalue weighted by atomic mass is 9.71. The summed E-state index contributed by atoms with van der Waals surface area (Å²) in [6.07, 6.45) is 0. The summed E-state index contributed by atoms with van der Waals surface area (Å²) in [4.78, 5) is 0. The Morgan fingerprint density at radius 1 is 0.142 bits per heavy atom. The Hall–Kier alpha value is -9.62. The van der Waals surface area contributed by atoms with E-state index in [4.69, 9.17) is 0 Å². The summed E-state index contributed by atoms with van der Waals surface area (Å²) in [6, 6.07) is 101. The molecule has 0 aliphatic rings. The van der Waals surface area contributed by atoms with Crippen molar-refractivity contribution in [3.05, 3.63) is 390 Å². The van der Waals surface area contributed by atoms with Gasteiger partial charge in [-0.2, -0.15) is 0 Å². The van der Waals surface area contributed by atoms with Gasteiger partial charge in [0.2, 0.25) is 0 Å². The van der Waals surface area contributed by atoms with Gasteiger partial charge in [0, 0.05) is 12.1 Å². The molecule has 0 atom stereocenters. The van der Waals surface area contributed by atoms with Gasteiger partial charge in [0.1, 0.15) is 0 Å². The van der Waals surface area contributed by atoms with Crippen LogP contribution in [-0.2, 0) is 43.3 Å². The van der Waals surface area contributed by atoms with Crippen LogP contribution in [0.1, 0.15) is 277 Å². The van der Waals surface area contributed by atoms with Crippen molar-refractivity contribution < 1.29 is 0 Å². The zero-order chi connectivity index (χ0) is 76.2. The Morgan fingerprint density at radius 2 is 0.255 bits per heavy atom. The summed E-state index contributed by atoms with van der Waals surface area (Å²) < 4.78 is 0. The van der Waals surface area contributed by atoms with Crippen molar-refractivity contribution in [3.63, 3.8) is 0 Å². The summed E-state index contributed by atoms with van der Waals surface area (Å²) >= 11 is 0. The molecule has 13 aromatic carbocycles. The smallest absolute Gasteiger partial charge is 0.0560 e. The van der Waals surface area contributed by atoms with Crippen LogP contribution in [0.2, 0.25) is 0 Å². The standard InChI is InChI=1S/C106H114/c1-99(2,3)75-49-33-67(34-50-75)91(68-35-51-76(52-36-68)100(4,5)6)95-83-29-25-26-30-84(83)96(92(69-37-53-77(54-38-69)101(7,8)9)70-39-55-78(56-40-70)102(10,11)12)88-66-90-89(65-87(88)95)97(93(71-41-57-79(58-42-71)103(13,14)15)72-43-59-80(60-44-72)104(16,17)18)85-31-27-28-32-86(85)98(90)94(73-45-61-81(62-46-73)105(19,20)21)74-47-63-82(64-48-74)106(22,23)24/h25-66H,1-24H3/q+4. The average molecular weight is 1390 g/mol. The second-order valence-corrected chi connectivity index (χ2v) is 38.7. The van der Waals surface area contributed by atoms with Crippen molar-refractivity contribution in [1.29, 1.82) is 0 Å². The summed E-state index contributed by atoms with van der Waals surface area (Å²) in [5.41, 5.74) is 24.2. The third kappa shape index (κ3) is 14.7. The van der Waals surface area contributed by atoms with Crippen LogP contribution in [0.15, 0.2) is 255 Å². The van der Waals surface area contributed by atoms with Gasteiger partial charge in [-0.25, -0.2) is 0 Å². The Balaban J connectivity index is 1.31. The van der Waals surface area contributed by atoms with Crippen molar-refractivity contribution in [2.45, 2.75) is 209 Å². The molecule has 0 N–H and O–H groups in total. The first-order chi connectivity index (χ1) is 49.6. The molecular weight excluding hydrogens is 1270 g/mol. The quantitative estimate of drug-likeness (QED) is 0.0650. The first-order valence-electron chi connectivity index (χ1n) is 38.9. The number of fused-ring (bicyclic) bond motifs is 4. The monoisotopic (exact) mass is 1390 g/mol. The molecule has 0 saturated heterocycles. The van der Waals surface area contributed by atoms with Crippen molar-refractivity contribution in [2.75, 3.05) is 0 Å². The molecule has 0 heteroatoms. The Morgan fingerprint density at radius 3 is 0.358 bits per heavy atom. The highest BCUT2D eigenvalue weighted by molar-refractivity contribution is 6.19. The van der Waals surface area contributed by atoms with Crippen molar-refractivity contribution >= 4 is 43.1 Å². The van der Waals surface area contributed by atoms with E-state index in [9.17, 15) is 0 Å². The molecule has 0 aliphatic carbocycles. The van der Waals surface area contributed by atoms with Crippen LogP contribution < -0.4 is 0 Å². The van der Waals surface area contributed by atoms with Crippen LogP contribution in [0, 0.1) is 23.7 Å². The van der Waals surface area contributed by atoms with E-state index in [0.29, 0.717) is 0 Å². The van der Waals surface area contributed by atoms with E-state index in [2.05, 4.69) is 421 Å². The molecule has 0 aliphatic heterocycles. The van der Waals surface area contributed by atoms with Crippen LogP contribution in [0.4, 0.5) is 0 Å². The maximum atomic E-state index is 2.69. The molecule has 106 heavy (non-hydrogen) atoms. The fraction of sp³-hybridized carbons (Fsp3) is 0.302. The minimum absolute atomic E-state index is 0.0558. The van der Waals surface area contributed by atoms with Gasteiger partial charge >= 0.3 is 0 Å². The summed E-state index contributed by atoms with van der Waals surface area (Å²) in [6.45, 7) is 55.8. The second-order valence-electron chi connectivity index (χ2n) is 38.7. The van der Waals surface area contributed by atoms with Gasteiger partial charge in [-0.3, -0.25) is 0 Å². The predicted molar refractivity (Wildman–Crippen MR) is 460 cm³/mol. The van der Waals surface area contributed by atoms with E-state index in [1.165, 1.54) is 178 Å². The molecular formula is C106H114+4. The van der Waals surface area contributed by atoms with Crippen LogP contribution in [-0.4, -0.2) is 0 Å². The molecule has 13 rings (SSSR count). The SMILES string of the molecule is CC(C)(C)c1ccc([C+](c2ccc(C(C)(C)C)cc2)c2c3ccccc3c([C+](c3ccc(C(C)(C)C)cc3)c3ccc(C(C)(C)C)cc3)c3cc4c([C+](c5ccc(C(C)(C)C)cc5)c5ccc(C(C)(C)C)cc5)c5ccccc5c([C+](c5ccc(C(C)(C)C)cc5)c5ccc(C(C)(C)C)cc5)c4cc23)cc1. The van der Waals surface area contributed by atoms with Gasteiger partial charge in [-0.15, -0.1) is 0 Å². The molecule has 0 spiro atoms. The maximum Gasteiger partial charge on any atom is 0.0815 e. The minimum atomic E-state index is -0.0558. The van der Waals surface area contributed by atoms with Crippen molar-refractivity contribution in [2.24, 2.45) is 0 Å². The second kappa shape index (κ2) is 27.3. The van der Waals surface area contributed by atoms with Gasteiger partial charge < -0.3 is 0 Å². The van der Waals surface area contributed by atoms with Crippen molar-refractivity contribution in [1.82, 2.24) is 0 Å². The lowest BCUT2D eigenvalue weighted by Gasteiger charge is -2.26. The Bertz CT molecular complexity index is 4400. The lowest BCUT2D eigenvalue weighted by Crippen LogP contribution is -2.16. The maximum absolute atomic E-state index is 2.69. The van der Waals surface area contributed by atoms with Gasteiger partial charge in [-0.05, 0) is 306 Å². The van der Waals surface area contributed by atoms with Gasteiger partial charge in [0.25, 0.3) is 0 Å². The van der Waals surface area contributed by atoms with E-state index >= 15 is 0 Å². The van der Waals surface area contributed by atoms with Gasteiger partial charge in [0.15, 0.2) is 0 Å². The average Bonchev–Trinajstić information content (AvgIpc) is 0.698. The molecule has 534 valence electrons. The third-order valence-corrected chi connectivity index (χ3v) is 22.5. The van der Waals surface area contributed by atoms with Crippen LogP contribution in [0.25, 0.3) is 43.1 Å². The van der Waals surface area contributed by atoms with E-state index in [1.807, 2.05) is 0 Å². The van der Waals surface area contributed by atoms with Crippen LogP contribution in [0.3, 0.4) is 0 Å². The zero-order valence-corrected chi connectivity index (χ0v) is 68.2. The summed E-state index contributed by atoms with van der Waals surface area (Å²) in [7, 11) is 0. The van der Waals surface area contributed by atoms with Gasteiger partial charge in [-0.1, -0.05) is 190 Å². The van der Waals surface area contributed by atoms with E-state index in [-0.39, 0.29) is 43.3 Å².